The highest BCUT2D eigenvalue weighted by molar-refractivity contribution is 5.66. The Morgan fingerprint density at radius 3 is 2.65 bits per heavy atom. The van der Waals surface area contributed by atoms with E-state index in [1.54, 1.807) is 11.5 Å². The number of aromatic nitrogens is 2. The molecule has 1 heterocycles. The first-order valence-corrected chi connectivity index (χ1v) is 5.77. The van der Waals surface area contributed by atoms with Crippen molar-refractivity contribution in [2.75, 3.05) is 0 Å². The lowest BCUT2D eigenvalue weighted by Crippen LogP contribution is -2.23. The molecule has 1 aromatic rings. The number of unbranched alkanes of at least 4 members (excludes halogenated alkanes) is 2. The van der Waals surface area contributed by atoms with Gasteiger partial charge < -0.3 is 5.11 Å². The molecule has 5 nitrogen and oxygen atoms in total. The number of carboxylic acid groups (broad SMARTS) is 1. The summed E-state index contributed by atoms with van der Waals surface area (Å²) < 4.78 is 1.63. The van der Waals surface area contributed by atoms with Crippen LogP contribution in [0.3, 0.4) is 0 Å². The zero-order chi connectivity index (χ0) is 12.8. The molecular weight excluding hydrogens is 220 g/mol. The largest absolute Gasteiger partial charge is 0.481 e. The van der Waals surface area contributed by atoms with Crippen LogP contribution in [-0.4, -0.2) is 20.6 Å². The maximum atomic E-state index is 11.7. The maximum absolute atomic E-state index is 11.7. The molecule has 1 aromatic heterocycles. The third-order valence-electron chi connectivity index (χ3n) is 2.60. The Bertz CT molecular complexity index is 452. The van der Waals surface area contributed by atoms with Gasteiger partial charge in [-0.05, 0) is 26.7 Å². The number of carbonyl (C=O) groups is 1. The van der Waals surface area contributed by atoms with E-state index >= 15 is 0 Å². The number of hydrogen-bond acceptors (Lipinski definition) is 3. The Kier molecular flexibility index (Phi) is 4.87. The molecule has 0 aromatic carbocycles. The monoisotopic (exact) mass is 238 g/mol. The highest BCUT2D eigenvalue weighted by atomic mass is 16.4. The van der Waals surface area contributed by atoms with Crippen molar-refractivity contribution in [1.82, 2.24) is 9.55 Å². The van der Waals surface area contributed by atoms with E-state index in [2.05, 4.69) is 4.98 Å². The van der Waals surface area contributed by atoms with E-state index in [9.17, 15) is 9.59 Å². The minimum Gasteiger partial charge on any atom is -0.481 e. The number of nitrogens with zero attached hydrogens (tertiary/aromatic N) is 2. The molecule has 0 aliphatic heterocycles. The molecule has 1 N–H and O–H groups in total. The summed E-state index contributed by atoms with van der Waals surface area (Å²) in [5.74, 6) is -0.0522. The van der Waals surface area contributed by atoms with Crippen molar-refractivity contribution in [1.29, 1.82) is 0 Å². The van der Waals surface area contributed by atoms with Crippen molar-refractivity contribution >= 4 is 5.97 Å². The summed E-state index contributed by atoms with van der Waals surface area (Å²) in [5.41, 5.74) is 0.697. The minimum absolute atomic E-state index is 0.0340. The van der Waals surface area contributed by atoms with Crippen molar-refractivity contribution in [3.05, 3.63) is 27.9 Å². The number of rotatable bonds is 6. The fourth-order valence-corrected chi connectivity index (χ4v) is 1.76. The van der Waals surface area contributed by atoms with Crippen molar-refractivity contribution in [2.24, 2.45) is 0 Å². The Morgan fingerprint density at radius 2 is 2.06 bits per heavy atom. The number of aliphatic carboxylic acids is 1. The average molecular weight is 238 g/mol. The van der Waals surface area contributed by atoms with Crippen LogP contribution in [0.5, 0.6) is 0 Å². The van der Waals surface area contributed by atoms with Crippen molar-refractivity contribution in [3.63, 3.8) is 0 Å². The van der Waals surface area contributed by atoms with Crippen LogP contribution in [0.15, 0.2) is 10.9 Å². The van der Waals surface area contributed by atoms with E-state index in [1.165, 1.54) is 6.07 Å². The quantitative estimate of drug-likeness (QED) is 0.762. The predicted molar refractivity (Wildman–Crippen MR) is 64.1 cm³/mol. The van der Waals surface area contributed by atoms with Crippen LogP contribution in [0.1, 0.15) is 37.2 Å². The lowest BCUT2D eigenvalue weighted by Gasteiger charge is -2.08. The lowest BCUT2D eigenvalue weighted by molar-refractivity contribution is -0.137. The van der Waals surface area contributed by atoms with Gasteiger partial charge in [0.05, 0.1) is 0 Å². The second-order valence-electron chi connectivity index (χ2n) is 4.14. The highest BCUT2D eigenvalue weighted by Crippen LogP contribution is 2.02. The molecular formula is C12H18N2O3. The summed E-state index contributed by atoms with van der Waals surface area (Å²) in [5, 5.41) is 8.48. The van der Waals surface area contributed by atoms with E-state index in [0.717, 1.165) is 18.5 Å². The van der Waals surface area contributed by atoms with E-state index in [1.807, 2.05) is 6.92 Å². The number of hydrogen-bond donors (Lipinski definition) is 1. The van der Waals surface area contributed by atoms with Gasteiger partial charge in [0.1, 0.15) is 5.82 Å². The van der Waals surface area contributed by atoms with Gasteiger partial charge in [0, 0.05) is 24.7 Å². The molecule has 94 valence electrons. The van der Waals surface area contributed by atoms with Gasteiger partial charge in [-0.25, -0.2) is 4.98 Å². The van der Waals surface area contributed by atoms with Gasteiger partial charge in [0.25, 0.3) is 5.56 Å². The fraction of sp³-hybridized carbons (Fsp3) is 0.583. The van der Waals surface area contributed by atoms with Gasteiger partial charge in [-0.2, -0.15) is 0 Å². The first-order chi connectivity index (χ1) is 8.00. The Morgan fingerprint density at radius 1 is 1.35 bits per heavy atom. The van der Waals surface area contributed by atoms with Crippen molar-refractivity contribution < 1.29 is 9.90 Å². The van der Waals surface area contributed by atoms with Gasteiger partial charge in [-0.1, -0.05) is 6.42 Å². The Hall–Kier alpha value is -1.65. The third kappa shape index (κ3) is 4.38. The molecule has 0 radical (unpaired) electrons. The van der Waals surface area contributed by atoms with Gasteiger partial charge in [0.2, 0.25) is 0 Å². The normalized spacial score (nSPS) is 10.5. The molecule has 0 atom stereocenters. The van der Waals surface area contributed by atoms with Gasteiger partial charge in [0.15, 0.2) is 0 Å². The molecule has 0 fully saturated rings. The molecule has 1 rings (SSSR count). The van der Waals surface area contributed by atoms with E-state index < -0.39 is 5.97 Å². The van der Waals surface area contributed by atoms with Crippen LogP contribution in [0, 0.1) is 13.8 Å². The molecule has 0 unspecified atom stereocenters. The first kappa shape index (κ1) is 13.4. The van der Waals surface area contributed by atoms with Crippen LogP contribution in [0.2, 0.25) is 0 Å². The van der Waals surface area contributed by atoms with Crippen LogP contribution in [0.4, 0.5) is 0 Å². The number of carboxylic acids is 1. The Balaban J connectivity index is 2.47. The highest BCUT2D eigenvalue weighted by Gasteiger charge is 2.03. The predicted octanol–water partition coefficient (Wildman–Crippen LogP) is 1.51. The zero-order valence-corrected chi connectivity index (χ0v) is 10.3. The van der Waals surface area contributed by atoms with Gasteiger partial charge >= 0.3 is 5.97 Å². The van der Waals surface area contributed by atoms with Gasteiger partial charge in [-0.15, -0.1) is 0 Å². The van der Waals surface area contributed by atoms with Gasteiger partial charge in [-0.3, -0.25) is 14.2 Å². The molecule has 17 heavy (non-hydrogen) atoms. The average Bonchev–Trinajstić information content (AvgIpc) is 2.20. The van der Waals surface area contributed by atoms with E-state index in [0.29, 0.717) is 18.8 Å². The molecule has 0 amide bonds. The molecule has 0 saturated carbocycles. The van der Waals surface area contributed by atoms with Crippen LogP contribution < -0.4 is 5.56 Å². The molecule has 0 saturated heterocycles. The SMILES string of the molecule is Cc1cc(=O)n(CCCCCC(=O)O)c(C)n1. The fourth-order valence-electron chi connectivity index (χ4n) is 1.76. The topological polar surface area (TPSA) is 72.2 Å². The summed E-state index contributed by atoms with van der Waals surface area (Å²) in [4.78, 5) is 26.2. The van der Waals surface area contributed by atoms with Crippen molar-refractivity contribution in [3.8, 4) is 0 Å². The number of aryl methyl sites for hydroxylation is 2. The third-order valence-corrected chi connectivity index (χ3v) is 2.60. The van der Waals surface area contributed by atoms with Crippen LogP contribution in [-0.2, 0) is 11.3 Å². The summed E-state index contributed by atoms with van der Waals surface area (Å²) in [6.07, 6.45) is 2.47. The maximum Gasteiger partial charge on any atom is 0.303 e. The summed E-state index contributed by atoms with van der Waals surface area (Å²) in [7, 11) is 0. The molecule has 5 heteroatoms. The standard InChI is InChI=1S/C12H18N2O3/c1-9-8-11(15)14(10(2)13-9)7-5-3-4-6-12(16)17/h8H,3-7H2,1-2H3,(H,16,17). The molecule has 0 spiro atoms. The van der Waals surface area contributed by atoms with Crippen LogP contribution >= 0.6 is 0 Å². The Labute approximate surface area is 100 Å². The van der Waals surface area contributed by atoms with E-state index in [-0.39, 0.29) is 12.0 Å². The van der Waals surface area contributed by atoms with Crippen LogP contribution in [0.25, 0.3) is 0 Å². The summed E-state index contributed by atoms with van der Waals surface area (Å²) in [6.45, 7) is 4.22. The zero-order valence-electron chi connectivity index (χ0n) is 10.3. The first-order valence-electron chi connectivity index (χ1n) is 5.77. The smallest absolute Gasteiger partial charge is 0.303 e. The molecule has 0 aliphatic rings. The summed E-state index contributed by atoms with van der Waals surface area (Å²) >= 11 is 0. The molecule has 0 bridgehead atoms. The minimum atomic E-state index is -0.768. The summed E-state index contributed by atoms with van der Waals surface area (Å²) in [6, 6.07) is 1.52. The molecule has 0 aliphatic carbocycles. The second-order valence-corrected chi connectivity index (χ2v) is 4.14. The van der Waals surface area contributed by atoms with E-state index in [4.69, 9.17) is 5.11 Å². The lowest BCUT2D eigenvalue weighted by atomic mass is 10.2. The second kappa shape index (κ2) is 6.18. The van der Waals surface area contributed by atoms with Crippen molar-refractivity contribution in [2.45, 2.75) is 46.1 Å².